The van der Waals surface area contributed by atoms with E-state index in [1.165, 1.54) is 0 Å². The minimum Gasteiger partial charge on any atom is -0.341 e. The maximum absolute atomic E-state index is 12.6. The first-order valence-corrected chi connectivity index (χ1v) is 7.19. The second-order valence-corrected chi connectivity index (χ2v) is 7.74. The first kappa shape index (κ1) is 17.4. The van der Waals surface area contributed by atoms with Crippen LogP contribution in [0.1, 0.15) is 57.6 Å². The lowest BCUT2D eigenvalue weighted by Crippen LogP contribution is -2.34. The number of carbonyl (C=O) groups excluding carboxylic acids is 1. The molecule has 0 saturated carbocycles. The minimum absolute atomic E-state index is 0.0191. The fraction of sp³-hybridized carbons (Fsp3) is 0.625. The van der Waals surface area contributed by atoms with E-state index in [-0.39, 0.29) is 16.7 Å². The van der Waals surface area contributed by atoms with Crippen LogP contribution in [-0.4, -0.2) is 29.4 Å². The largest absolute Gasteiger partial charge is 0.341 e. The van der Waals surface area contributed by atoms with Crippen molar-refractivity contribution in [2.45, 2.75) is 47.0 Å². The maximum Gasteiger partial charge on any atom is 0.253 e. The topological polar surface area (TPSA) is 71.2 Å². The van der Waals surface area contributed by atoms with Gasteiger partial charge in [0, 0.05) is 30.3 Å². The maximum atomic E-state index is 12.6. The predicted molar refractivity (Wildman–Crippen MR) is 87.2 cm³/mol. The van der Waals surface area contributed by atoms with Gasteiger partial charge >= 0.3 is 0 Å². The number of hydrazine groups is 1. The van der Waals surface area contributed by atoms with E-state index in [0.717, 1.165) is 5.69 Å². The monoisotopic (exact) mass is 292 g/mol. The predicted octanol–water partition coefficient (Wildman–Crippen LogP) is 2.78. The van der Waals surface area contributed by atoms with E-state index in [4.69, 9.17) is 5.84 Å². The molecule has 0 unspecified atom stereocenters. The highest BCUT2D eigenvalue weighted by Crippen LogP contribution is 2.24. The number of anilines is 1. The van der Waals surface area contributed by atoms with Gasteiger partial charge in [-0.3, -0.25) is 4.79 Å². The molecule has 1 aromatic rings. The lowest BCUT2D eigenvalue weighted by Gasteiger charge is -2.27. The Kier molecular flexibility index (Phi) is 4.99. The highest BCUT2D eigenvalue weighted by molar-refractivity contribution is 5.95. The summed E-state index contributed by atoms with van der Waals surface area (Å²) in [7, 11) is 1.82. The number of nitrogens with two attached hydrogens (primary N) is 1. The summed E-state index contributed by atoms with van der Waals surface area (Å²) in [6.45, 7) is 13.2. The molecule has 1 rings (SSSR count). The highest BCUT2D eigenvalue weighted by Gasteiger charge is 2.22. The van der Waals surface area contributed by atoms with Crippen molar-refractivity contribution in [3.8, 4) is 0 Å². The summed E-state index contributed by atoms with van der Waals surface area (Å²) in [6.07, 6.45) is 0. The summed E-state index contributed by atoms with van der Waals surface area (Å²) in [5, 5.41) is 0. The smallest absolute Gasteiger partial charge is 0.253 e. The summed E-state index contributed by atoms with van der Waals surface area (Å²) >= 11 is 0. The van der Waals surface area contributed by atoms with E-state index >= 15 is 0 Å². The van der Waals surface area contributed by atoms with E-state index in [2.05, 4.69) is 52.0 Å². The van der Waals surface area contributed by atoms with E-state index < -0.39 is 0 Å². The van der Waals surface area contributed by atoms with Gasteiger partial charge in [-0.05, 0) is 17.5 Å². The number of amides is 1. The number of nitrogens with zero attached hydrogens (tertiary/aromatic N) is 2. The van der Waals surface area contributed by atoms with Crippen LogP contribution in [0, 0.1) is 5.41 Å². The number of aromatic nitrogens is 1. The zero-order valence-electron chi connectivity index (χ0n) is 14.2. The van der Waals surface area contributed by atoms with Crippen molar-refractivity contribution in [1.29, 1.82) is 0 Å². The number of rotatable bonds is 3. The van der Waals surface area contributed by atoms with Gasteiger partial charge in [-0.15, -0.1) is 0 Å². The third kappa shape index (κ3) is 5.01. The third-order valence-corrected chi connectivity index (χ3v) is 3.05. The Balaban J connectivity index is 3.15. The van der Waals surface area contributed by atoms with Crippen molar-refractivity contribution >= 4 is 11.7 Å². The first-order chi connectivity index (χ1) is 9.44. The molecule has 0 fully saturated rings. The van der Waals surface area contributed by atoms with Gasteiger partial charge in [0.2, 0.25) is 0 Å². The summed E-state index contributed by atoms with van der Waals surface area (Å²) in [5.41, 5.74) is 3.89. The molecule has 0 bridgehead atoms. The van der Waals surface area contributed by atoms with Crippen molar-refractivity contribution in [1.82, 2.24) is 9.88 Å². The Morgan fingerprint density at radius 3 is 2.24 bits per heavy atom. The van der Waals surface area contributed by atoms with Gasteiger partial charge in [0.1, 0.15) is 5.82 Å². The molecule has 21 heavy (non-hydrogen) atoms. The quantitative estimate of drug-likeness (QED) is 0.664. The zero-order valence-corrected chi connectivity index (χ0v) is 14.2. The molecule has 0 atom stereocenters. The van der Waals surface area contributed by atoms with Gasteiger partial charge in [-0.1, -0.05) is 41.5 Å². The molecule has 0 spiro atoms. The second-order valence-electron chi connectivity index (χ2n) is 7.74. The molecule has 1 amide bonds. The fourth-order valence-corrected chi connectivity index (χ4v) is 2.12. The van der Waals surface area contributed by atoms with Crippen molar-refractivity contribution in [3.05, 3.63) is 23.4 Å². The summed E-state index contributed by atoms with van der Waals surface area (Å²) in [4.78, 5) is 18.8. The Labute approximate surface area is 127 Å². The number of nitrogens with one attached hydrogen (secondary N) is 1. The molecular formula is C16H28N4O. The standard InChI is InChI=1S/C16H28N4O/c1-15(2,3)10-20(7)14(21)11-8-12(16(4,5)6)18-13(9-11)19-17/h8-9H,10,17H2,1-7H3,(H,18,19). The number of pyridine rings is 1. The van der Waals surface area contributed by atoms with E-state index in [9.17, 15) is 4.79 Å². The Morgan fingerprint density at radius 1 is 1.24 bits per heavy atom. The normalized spacial score (nSPS) is 12.2. The fourth-order valence-electron chi connectivity index (χ4n) is 2.12. The van der Waals surface area contributed by atoms with Gasteiger partial charge < -0.3 is 10.3 Å². The van der Waals surface area contributed by atoms with Gasteiger partial charge in [0.15, 0.2) is 0 Å². The molecule has 0 saturated heterocycles. The highest BCUT2D eigenvalue weighted by atomic mass is 16.2. The van der Waals surface area contributed by atoms with Crippen LogP contribution in [0.4, 0.5) is 5.82 Å². The first-order valence-electron chi connectivity index (χ1n) is 7.19. The lowest BCUT2D eigenvalue weighted by molar-refractivity contribution is 0.0745. The SMILES string of the molecule is CN(CC(C)(C)C)C(=O)c1cc(NN)nc(C(C)(C)C)c1. The number of hydrogen-bond acceptors (Lipinski definition) is 4. The summed E-state index contributed by atoms with van der Waals surface area (Å²) in [5.74, 6) is 5.96. The van der Waals surface area contributed by atoms with Crippen molar-refractivity contribution in [3.63, 3.8) is 0 Å². The molecule has 1 aromatic heterocycles. The molecule has 0 aromatic carbocycles. The zero-order chi connectivity index (χ0) is 16.4. The van der Waals surface area contributed by atoms with Crippen LogP contribution in [0.3, 0.4) is 0 Å². The molecule has 0 aliphatic rings. The molecule has 0 aliphatic heterocycles. The molecule has 0 radical (unpaired) electrons. The van der Waals surface area contributed by atoms with Crippen molar-refractivity contribution in [2.75, 3.05) is 19.0 Å². The molecule has 5 nitrogen and oxygen atoms in total. The second kappa shape index (κ2) is 6.02. The van der Waals surface area contributed by atoms with Crippen molar-refractivity contribution < 1.29 is 4.79 Å². The van der Waals surface area contributed by atoms with Crippen LogP contribution in [0.2, 0.25) is 0 Å². The van der Waals surface area contributed by atoms with E-state index in [1.54, 1.807) is 11.0 Å². The molecule has 3 N–H and O–H groups in total. The molecule has 0 aliphatic carbocycles. The molecule has 1 heterocycles. The van der Waals surface area contributed by atoms with Gasteiger partial charge in [-0.2, -0.15) is 0 Å². The van der Waals surface area contributed by atoms with Crippen LogP contribution in [-0.2, 0) is 5.41 Å². The van der Waals surface area contributed by atoms with Crippen LogP contribution in [0.25, 0.3) is 0 Å². The number of hydrogen-bond donors (Lipinski definition) is 2. The average Bonchev–Trinajstić information content (AvgIpc) is 2.34. The molecular weight excluding hydrogens is 264 g/mol. The van der Waals surface area contributed by atoms with Gasteiger partial charge in [0.25, 0.3) is 5.91 Å². The summed E-state index contributed by atoms with van der Waals surface area (Å²) in [6, 6.07) is 3.54. The van der Waals surface area contributed by atoms with Crippen LogP contribution in [0.15, 0.2) is 12.1 Å². The molecule has 118 valence electrons. The average molecular weight is 292 g/mol. The van der Waals surface area contributed by atoms with E-state index in [1.807, 2.05) is 13.1 Å². The van der Waals surface area contributed by atoms with Crippen LogP contribution >= 0.6 is 0 Å². The van der Waals surface area contributed by atoms with Crippen molar-refractivity contribution in [2.24, 2.45) is 11.3 Å². The number of carbonyl (C=O) groups is 1. The van der Waals surface area contributed by atoms with Gasteiger partial charge in [0.05, 0.1) is 0 Å². The van der Waals surface area contributed by atoms with Gasteiger partial charge in [-0.25, -0.2) is 10.8 Å². The Hall–Kier alpha value is -1.62. The Bertz CT molecular complexity index is 512. The molecule has 5 heteroatoms. The minimum atomic E-state index is -0.148. The third-order valence-electron chi connectivity index (χ3n) is 3.05. The summed E-state index contributed by atoms with van der Waals surface area (Å²) < 4.78 is 0. The lowest BCUT2D eigenvalue weighted by atomic mass is 9.90. The Morgan fingerprint density at radius 2 is 1.81 bits per heavy atom. The number of nitrogen functional groups attached to an aromatic ring is 1. The van der Waals surface area contributed by atoms with E-state index in [0.29, 0.717) is 17.9 Å². The van der Waals surface area contributed by atoms with Crippen LogP contribution < -0.4 is 11.3 Å². The van der Waals surface area contributed by atoms with Crippen LogP contribution in [0.5, 0.6) is 0 Å².